The first-order valence-electron chi connectivity index (χ1n) is 9.93. The van der Waals surface area contributed by atoms with Gasteiger partial charge in [0.15, 0.2) is 0 Å². The molecule has 3 aromatic carbocycles. The van der Waals surface area contributed by atoms with Crippen LogP contribution in [-0.4, -0.2) is 24.3 Å². The summed E-state index contributed by atoms with van der Waals surface area (Å²) in [6.45, 7) is 1.86. The Balaban J connectivity index is 1.51. The van der Waals surface area contributed by atoms with Gasteiger partial charge in [0.05, 0.1) is 6.54 Å². The van der Waals surface area contributed by atoms with Crippen LogP contribution >= 0.6 is 0 Å². The molecule has 158 valence electrons. The van der Waals surface area contributed by atoms with Gasteiger partial charge in [-0.15, -0.1) is 0 Å². The van der Waals surface area contributed by atoms with E-state index in [2.05, 4.69) is 21.3 Å². The van der Waals surface area contributed by atoms with Gasteiger partial charge < -0.3 is 21.3 Å². The molecule has 0 unspecified atom stereocenters. The fourth-order valence-electron chi connectivity index (χ4n) is 2.78. The van der Waals surface area contributed by atoms with Crippen molar-refractivity contribution in [1.82, 2.24) is 0 Å². The minimum absolute atomic E-state index is 0.0534. The molecular weight excluding hydrogens is 392 g/mol. The Labute approximate surface area is 180 Å². The summed E-state index contributed by atoms with van der Waals surface area (Å²) in [5.74, 6) is -0.499. The lowest BCUT2D eigenvalue weighted by Crippen LogP contribution is -2.22. The van der Waals surface area contributed by atoms with E-state index >= 15 is 0 Å². The second-order valence-electron chi connectivity index (χ2n) is 6.78. The van der Waals surface area contributed by atoms with E-state index in [1.54, 1.807) is 79.7 Å². The van der Waals surface area contributed by atoms with Gasteiger partial charge in [0.1, 0.15) is 0 Å². The van der Waals surface area contributed by atoms with Gasteiger partial charge in [-0.25, -0.2) is 0 Å². The molecule has 0 aliphatic heterocycles. The molecule has 0 heterocycles. The summed E-state index contributed by atoms with van der Waals surface area (Å²) in [5, 5.41) is 11.4. The topological polar surface area (TPSA) is 99.3 Å². The van der Waals surface area contributed by atoms with Crippen molar-refractivity contribution < 1.29 is 14.4 Å². The minimum Gasteiger partial charge on any atom is -0.376 e. The van der Waals surface area contributed by atoms with Crippen LogP contribution in [0.2, 0.25) is 0 Å². The Hall–Kier alpha value is -4.13. The summed E-state index contributed by atoms with van der Waals surface area (Å²) in [7, 11) is 0. The molecule has 0 saturated carbocycles. The standard InChI is InChI=1S/C24H24N4O3/c1-2-22(29)26-19-13-11-18(12-14-19)25-16-23(30)27-20-9-6-10-21(15-20)28-24(31)17-7-4-3-5-8-17/h3-15,25H,2,16H2,1H3,(H,26,29)(H,27,30)(H,28,31). The van der Waals surface area contributed by atoms with Crippen LogP contribution < -0.4 is 21.3 Å². The van der Waals surface area contributed by atoms with Crippen molar-refractivity contribution in [3.63, 3.8) is 0 Å². The first-order valence-corrected chi connectivity index (χ1v) is 9.93. The lowest BCUT2D eigenvalue weighted by molar-refractivity contribution is -0.116. The smallest absolute Gasteiger partial charge is 0.255 e. The van der Waals surface area contributed by atoms with Crippen molar-refractivity contribution in [3.8, 4) is 0 Å². The number of anilines is 4. The van der Waals surface area contributed by atoms with E-state index in [4.69, 9.17) is 0 Å². The molecule has 0 fully saturated rings. The SMILES string of the molecule is CCC(=O)Nc1ccc(NCC(=O)Nc2cccc(NC(=O)c3ccccc3)c2)cc1. The predicted molar refractivity (Wildman–Crippen MR) is 123 cm³/mol. The molecule has 0 spiro atoms. The van der Waals surface area contributed by atoms with Crippen molar-refractivity contribution in [2.75, 3.05) is 27.8 Å². The highest BCUT2D eigenvalue weighted by Crippen LogP contribution is 2.17. The highest BCUT2D eigenvalue weighted by atomic mass is 16.2. The van der Waals surface area contributed by atoms with E-state index in [1.165, 1.54) is 0 Å². The Morgan fingerprint density at radius 2 is 1.26 bits per heavy atom. The van der Waals surface area contributed by atoms with Crippen LogP contribution in [-0.2, 0) is 9.59 Å². The lowest BCUT2D eigenvalue weighted by Gasteiger charge is -2.11. The van der Waals surface area contributed by atoms with E-state index < -0.39 is 0 Å². The van der Waals surface area contributed by atoms with Crippen LogP contribution in [0.25, 0.3) is 0 Å². The van der Waals surface area contributed by atoms with E-state index in [1.807, 2.05) is 6.07 Å². The Bertz CT molecular complexity index is 1050. The molecule has 0 atom stereocenters. The van der Waals surface area contributed by atoms with Gasteiger partial charge in [0.2, 0.25) is 11.8 Å². The molecule has 3 aromatic rings. The second-order valence-corrected chi connectivity index (χ2v) is 6.78. The van der Waals surface area contributed by atoms with Gasteiger partial charge in [-0.1, -0.05) is 31.2 Å². The average molecular weight is 416 g/mol. The summed E-state index contributed by atoms with van der Waals surface area (Å²) in [6, 6.07) is 23.0. The van der Waals surface area contributed by atoms with Gasteiger partial charge in [-0.05, 0) is 54.6 Å². The monoisotopic (exact) mass is 416 g/mol. The molecule has 0 saturated heterocycles. The number of amides is 3. The summed E-state index contributed by atoms with van der Waals surface area (Å²) >= 11 is 0. The van der Waals surface area contributed by atoms with Gasteiger partial charge in [-0.2, -0.15) is 0 Å². The third-order valence-corrected chi connectivity index (χ3v) is 4.38. The fourth-order valence-corrected chi connectivity index (χ4v) is 2.78. The second kappa shape index (κ2) is 10.6. The lowest BCUT2D eigenvalue weighted by atomic mass is 10.2. The van der Waals surface area contributed by atoms with Crippen LogP contribution in [0.5, 0.6) is 0 Å². The molecule has 31 heavy (non-hydrogen) atoms. The first-order chi connectivity index (χ1) is 15.0. The molecule has 0 aliphatic carbocycles. The maximum Gasteiger partial charge on any atom is 0.255 e. The number of carbonyl (C=O) groups excluding carboxylic acids is 3. The quantitative estimate of drug-likeness (QED) is 0.439. The van der Waals surface area contributed by atoms with Crippen LogP contribution in [0.4, 0.5) is 22.7 Å². The zero-order valence-electron chi connectivity index (χ0n) is 17.1. The van der Waals surface area contributed by atoms with Crippen LogP contribution in [0.1, 0.15) is 23.7 Å². The first kappa shape index (κ1) is 21.6. The van der Waals surface area contributed by atoms with E-state index in [9.17, 15) is 14.4 Å². The summed E-state index contributed by atoms with van der Waals surface area (Å²) < 4.78 is 0. The molecule has 3 rings (SSSR count). The van der Waals surface area contributed by atoms with Gasteiger partial charge in [0.25, 0.3) is 5.91 Å². The third kappa shape index (κ3) is 6.71. The summed E-state index contributed by atoms with van der Waals surface area (Å²) in [6.07, 6.45) is 0.414. The molecule has 0 radical (unpaired) electrons. The maximum atomic E-state index is 12.3. The van der Waals surface area contributed by atoms with Crippen LogP contribution in [0.15, 0.2) is 78.9 Å². The molecule has 3 amide bonds. The molecular formula is C24H24N4O3. The van der Waals surface area contributed by atoms with Crippen LogP contribution in [0, 0.1) is 0 Å². The summed E-state index contributed by atoms with van der Waals surface area (Å²) in [5.41, 5.74) is 3.19. The molecule has 7 nitrogen and oxygen atoms in total. The molecule has 7 heteroatoms. The number of benzene rings is 3. The van der Waals surface area contributed by atoms with Crippen molar-refractivity contribution in [2.24, 2.45) is 0 Å². The average Bonchev–Trinajstić information content (AvgIpc) is 2.79. The highest BCUT2D eigenvalue weighted by molar-refractivity contribution is 6.04. The number of rotatable bonds is 8. The number of hydrogen-bond acceptors (Lipinski definition) is 4. The third-order valence-electron chi connectivity index (χ3n) is 4.38. The Morgan fingerprint density at radius 1 is 0.645 bits per heavy atom. The zero-order valence-corrected chi connectivity index (χ0v) is 17.1. The number of hydrogen-bond donors (Lipinski definition) is 4. The summed E-state index contributed by atoms with van der Waals surface area (Å²) in [4.78, 5) is 36.0. The molecule has 0 aromatic heterocycles. The van der Waals surface area contributed by atoms with Gasteiger partial charge >= 0.3 is 0 Å². The number of carbonyl (C=O) groups is 3. The van der Waals surface area contributed by atoms with E-state index in [-0.39, 0.29) is 24.3 Å². The highest BCUT2D eigenvalue weighted by Gasteiger charge is 2.07. The Morgan fingerprint density at radius 3 is 1.94 bits per heavy atom. The van der Waals surface area contributed by atoms with Gasteiger partial charge in [0, 0.05) is 34.7 Å². The van der Waals surface area contributed by atoms with Gasteiger partial charge in [-0.3, -0.25) is 14.4 Å². The van der Waals surface area contributed by atoms with E-state index in [0.29, 0.717) is 29.0 Å². The predicted octanol–water partition coefficient (Wildman–Crippen LogP) is 4.34. The Kier molecular flexibility index (Phi) is 7.37. The maximum absolute atomic E-state index is 12.3. The van der Waals surface area contributed by atoms with E-state index in [0.717, 1.165) is 5.69 Å². The van der Waals surface area contributed by atoms with Crippen molar-refractivity contribution in [3.05, 3.63) is 84.4 Å². The van der Waals surface area contributed by atoms with Crippen molar-refractivity contribution in [2.45, 2.75) is 13.3 Å². The molecule has 0 bridgehead atoms. The molecule has 0 aliphatic rings. The minimum atomic E-state index is -0.227. The number of nitrogens with one attached hydrogen (secondary N) is 4. The molecule has 4 N–H and O–H groups in total. The fraction of sp³-hybridized carbons (Fsp3) is 0.125. The van der Waals surface area contributed by atoms with Crippen molar-refractivity contribution in [1.29, 1.82) is 0 Å². The van der Waals surface area contributed by atoms with Crippen molar-refractivity contribution >= 4 is 40.5 Å². The van der Waals surface area contributed by atoms with Crippen LogP contribution in [0.3, 0.4) is 0 Å². The zero-order chi connectivity index (χ0) is 22.1. The normalized spacial score (nSPS) is 10.1. The largest absolute Gasteiger partial charge is 0.376 e.